The molecule has 8 heteroatoms. The van der Waals surface area contributed by atoms with Crippen molar-refractivity contribution < 1.29 is 8.42 Å². The van der Waals surface area contributed by atoms with Crippen LogP contribution in [0.15, 0.2) is 59.8 Å². The van der Waals surface area contributed by atoms with E-state index in [4.69, 9.17) is 0 Å². The molecule has 0 unspecified atom stereocenters. The Bertz CT molecular complexity index is 984. The second kappa shape index (κ2) is 8.69. The lowest BCUT2D eigenvalue weighted by atomic mass is 10.2. The minimum Gasteiger partial charge on any atom is -0.273 e. The third-order valence-electron chi connectivity index (χ3n) is 3.95. The predicted molar refractivity (Wildman–Crippen MR) is 109 cm³/mol. The Morgan fingerprint density at radius 1 is 1.04 bits per heavy atom. The lowest BCUT2D eigenvalue weighted by Crippen LogP contribution is -2.23. The summed E-state index contributed by atoms with van der Waals surface area (Å²) < 4.78 is 27.3. The van der Waals surface area contributed by atoms with E-state index in [1.54, 1.807) is 11.8 Å². The maximum Gasteiger partial charge on any atom is 0.209 e. The Labute approximate surface area is 164 Å². The van der Waals surface area contributed by atoms with Crippen LogP contribution in [0.1, 0.15) is 17.0 Å². The Morgan fingerprint density at radius 2 is 1.74 bits per heavy atom. The summed E-state index contributed by atoms with van der Waals surface area (Å²) in [6, 6.07) is 18.3. The van der Waals surface area contributed by atoms with Gasteiger partial charge in [0.15, 0.2) is 11.0 Å². The van der Waals surface area contributed by atoms with Gasteiger partial charge in [0.2, 0.25) is 10.0 Å². The van der Waals surface area contributed by atoms with Gasteiger partial charge < -0.3 is 0 Å². The van der Waals surface area contributed by atoms with Gasteiger partial charge in [0, 0.05) is 11.4 Å². The molecule has 1 aromatic heterocycles. The number of nitrogens with one attached hydrogen (secondary N) is 1. The van der Waals surface area contributed by atoms with Crippen LogP contribution in [-0.4, -0.2) is 35.2 Å². The summed E-state index contributed by atoms with van der Waals surface area (Å²) in [7, 11) is -3.31. The fraction of sp³-hybridized carbons (Fsp3) is 0.263. The maximum absolute atomic E-state index is 11.5. The van der Waals surface area contributed by atoms with Crippen LogP contribution in [0.2, 0.25) is 0 Å². The number of hydrogen-bond donors (Lipinski definition) is 1. The molecule has 0 bridgehead atoms. The topological polar surface area (TPSA) is 76.9 Å². The monoisotopic (exact) mass is 402 g/mol. The summed E-state index contributed by atoms with van der Waals surface area (Å²) in [4.78, 5) is 0. The molecule has 0 spiro atoms. The van der Waals surface area contributed by atoms with Crippen molar-refractivity contribution in [3.63, 3.8) is 0 Å². The molecule has 3 aromatic rings. The fourth-order valence-electron chi connectivity index (χ4n) is 2.56. The van der Waals surface area contributed by atoms with Crippen molar-refractivity contribution in [3.05, 3.63) is 71.5 Å². The number of sulfonamides is 1. The highest BCUT2D eigenvalue weighted by Gasteiger charge is 2.15. The second-order valence-corrected chi connectivity index (χ2v) is 9.14. The number of benzene rings is 2. The average Bonchev–Trinajstić information content (AvgIpc) is 3.04. The van der Waals surface area contributed by atoms with Gasteiger partial charge in [0.05, 0.1) is 12.8 Å². The first-order chi connectivity index (χ1) is 12.9. The van der Waals surface area contributed by atoms with E-state index in [0.29, 0.717) is 5.82 Å². The van der Waals surface area contributed by atoms with Crippen molar-refractivity contribution in [2.75, 3.05) is 12.0 Å². The van der Waals surface area contributed by atoms with E-state index in [-0.39, 0.29) is 6.54 Å². The summed E-state index contributed by atoms with van der Waals surface area (Å²) in [5.41, 5.74) is 3.34. The van der Waals surface area contributed by atoms with Crippen LogP contribution < -0.4 is 4.72 Å². The van der Waals surface area contributed by atoms with Crippen LogP contribution in [0.25, 0.3) is 5.69 Å². The first-order valence-corrected chi connectivity index (χ1v) is 11.4. The molecule has 2 aromatic carbocycles. The molecule has 0 aliphatic heterocycles. The molecule has 0 atom stereocenters. The van der Waals surface area contributed by atoms with Crippen LogP contribution in [0.5, 0.6) is 0 Å². The quantitative estimate of drug-likeness (QED) is 0.586. The van der Waals surface area contributed by atoms with Gasteiger partial charge in [-0.3, -0.25) is 4.57 Å². The van der Waals surface area contributed by atoms with Crippen LogP contribution in [0.3, 0.4) is 0 Å². The third kappa shape index (κ3) is 5.66. The molecule has 0 saturated carbocycles. The summed E-state index contributed by atoms with van der Waals surface area (Å²) in [5.74, 6) is 1.42. The zero-order valence-electron chi connectivity index (χ0n) is 15.3. The van der Waals surface area contributed by atoms with Crippen molar-refractivity contribution in [2.24, 2.45) is 0 Å². The van der Waals surface area contributed by atoms with E-state index in [2.05, 4.69) is 27.1 Å². The number of hydrogen-bond acceptors (Lipinski definition) is 5. The molecule has 0 amide bonds. The van der Waals surface area contributed by atoms with Gasteiger partial charge in [-0.25, -0.2) is 13.1 Å². The Balaban J connectivity index is 1.81. The van der Waals surface area contributed by atoms with Crippen LogP contribution in [0.4, 0.5) is 0 Å². The molecule has 1 heterocycles. The molecule has 0 radical (unpaired) electrons. The highest BCUT2D eigenvalue weighted by Crippen LogP contribution is 2.23. The Kier molecular flexibility index (Phi) is 6.30. The van der Waals surface area contributed by atoms with Crippen molar-refractivity contribution in [1.82, 2.24) is 19.5 Å². The lowest BCUT2D eigenvalue weighted by molar-refractivity contribution is 0.584. The summed E-state index contributed by atoms with van der Waals surface area (Å²) in [5, 5.41) is 9.25. The summed E-state index contributed by atoms with van der Waals surface area (Å²) in [6.45, 7) is 2.12. The minimum absolute atomic E-state index is 0.0962. The second-order valence-electron chi connectivity index (χ2n) is 6.25. The van der Waals surface area contributed by atoms with E-state index in [1.807, 2.05) is 54.0 Å². The zero-order chi connectivity index (χ0) is 19.3. The zero-order valence-corrected chi connectivity index (χ0v) is 16.9. The molecule has 6 nitrogen and oxygen atoms in total. The molecule has 27 heavy (non-hydrogen) atoms. The molecule has 142 valence electrons. The maximum atomic E-state index is 11.5. The lowest BCUT2D eigenvalue weighted by Gasteiger charge is -2.11. The van der Waals surface area contributed by atoms with E-state index in [1.165, 1.54) is 5.56 Å². The largest absolute Gasteiger partial charge is 0.273 e. The molecule has 0 aliphatic carbocycles. The number of aryl methyl sites for hydroxylation is 2. The van der Waals surface area contributed by atoms with Crippen molar-refractivity contribution in [2.45, 2.75) is 25.0 Å². The number of aromatic nitrogens is 3. The summed E-state index contributed by atoms with van der Waals surface area (Å²) >= 11 is 1.61. The van der Waals surface area contributed by atoms with Crippen LogP contribution in [-0.2, 0) is 23.0 Å². The summed E-state index contributed by atoms with van der Waals surface area (Å²) in [6.07, 6.45) is 2.05. The number of nitrogens with zero attached hydrogens (tertiary/aromatic N) is 3. The molecule has 0 saturated heterocycles. The van der Waals surface area contributed by atoms with E-state index >= 15 is 0 Å². The van der Waals surface area contributed by atoms with E-state index < -0.39 is 10.0 Å². The fourth-order valence-corrected chi connectivity index (χ4v) is 3.91. The van der Waals surface area contributed by atoms with Gasteiger partial charge in [0.1, 0.15) is 0 Å². The molecular formula is C19H22N4O2S2. The first kappa shape index (κ1) is 19.6. The Morgan fingerprint density at radius 3 is 2.41 bits per heavy atom. The smallest absolute Gasteiger partial charge is 0.209 e. The van der Waals surface area contributed by atoms with E-state index in [9.17, 15) is 8.42 Å². The van der Waals surface area contributed by atoms with Crippen molar-refractivity contribution in [1.29, 1.82) is 0 Å². The molecular weight excluding hydrogens is 380 g/mol. The highest BCUT2D eigenvalue weighted by atomic mass is 32.2. The van der Waals surface area contributed by atoms with Gasteiger partial charge in [-0.15, -0.1) is 10.2 Å². The SMILES string of the molecule is Cc1ccc(-n2c(CNS(C)(=O)=O)nnc2SCCc2ccccc2)cc1. The van der Waals surface area contributed by atoms with Gasteiger partial charge in [-0.1, -0.05) is 59.8 Å². The van der Waals surface area contributed by atoms with Crippen LogP contribution >= 0.6 is 11.8 Å². The molecule has 0 aliphatic rings. The highest BCUT2D eigenvalue weighted by molar-refractivity contribution is 7.99. The van der Waals surface area contributed by atoms with Gasteiger partial charge in [-0.05, 0) is 31.0 Å². The normalized spacial score (nSPS) is 11.6. The molecule has 1 N–H and O–H groups in total. The molecule has 3 rings (SSSR count). The Hall–Kier alpha value is -2.16. The van der Waals surface area contributed by atoms with Crippen LogP contribution in [0, 0.1) is 6.92 Å². The van der Waals surface area contributed by atoms with Gasteiger partial charge >= 0.3 is 0 Å². The van der Waals surface area contributed by atoms with E-state index in [0.717, 1.165) is 34.8 Å². The average molecular weight is 403 g/mol. The standard InChI is InChI=1S/C19H22N4O2S2/c1-15-8-10-17(11-9-15)23-18(14-20-27(2,24)25)21-22-19(23)26-13-12-16-6-4-3-5-7-16/h3-11,20H,12-14H2,1-2H3. The molecule has 0 fully saturated rings. The third-order valence-corrected chi connectivity index (χ3v) is 5.55. The van der Waals surface area contributed by atoms with Gasteiger partial charge in [0.25, 0.3) is 0 Å². The minimum atomic E-state index is -3.31. The van der Waals surface area contributed by atoms with Crippen molar-refractivity contribution in [3.8, 4) is 5.69 Å². The number of rotatable bonds is 8. The first-order valence-electron chi connectivity index (χ1n) is 8.55. The predicted octanol–water partition coefficient (Wildman–Crippen LogP) is 2.96. The number of thioether (sulfide) groups is 1. The van der Waals surface area contributed by atoms with Gasteiger partial charge in [-0.2, -0.15) is 0 Å². The van der Waals surface area contributed by atoms with Crippen molar-refractivity contribution >= 4 is 21.8 Å².